The first kappa shape index (κ1) is 29.1. The third-order valence-electron chi connectivity index (χ3n) is 6.44. The van der Waals surface area contributed by atoms with E-state index in [0.29, 0.717) is 16.7 Å². The van der Waals surface area contributed by atoms with E-state index in [1.165, 1.54) is 7.11 Å². The minimum Gasteiger partial charge on any atom is -0.507 e. The van der Waals surface area contributed by atoms with Crippen LogP contribution in [0.1, 0.15) is 89.7 Å². The summed E-state index contributed by atoms with van der Waals surface area (Å²) in [6.45, 7) is 15.8. The Morgan fingerprint density at radius 3 is 1.81 bits per heavy atom. The molecule has 1 aromatic carbocycles. The molecule has 1 heterocycles. The summed E-state index contributed by atoms with van der Waals surface area (Å²) >= 11 is 0. The van der Waals surface area contributed by atoms with E-state index in [1.807, 2.05) is 55.4 Å². The SMILES string of the molecule is CCC(CC)C(=O)Cn1ccn(CC(=O)c2cc(C(C)(C)C)c(O)c(C(C)(C)C)c2)/c1=N\C(=O)OC. The second-order valence-electron chi connectivity index (χ2n) is 11.3. The van der Waals surface area contributed by atoms with Crippen LogP contribution in [0.25, 0.3) is 0 Å². The zero-order valence-corrected chi connectivity index (χ0v) is 23.1. The van der Waals surface area contributed by atoms with Crippen molar-refractivity contribution in [2.24, 2.45) is 10.9 Å². The van der Waals surface area contributed by atoms with Crippen molar-refractivity contribution in [2.75, 3.05) is 7.11 Å². The van der Waals surface area contributed by atoms with Crippen LogP contribution in [0.3, 0.4) is 0 Å². The van der Waals surface area contributed by atoms with Crippen LogP contribution in [-0.2, 0) is 33.5 Å². The maximum absolute atomic E-state index is 13.5. The Balaban J connectivity index is 2.56. The lowest BCUT2D eigenvalue weighted by molar-refractivity contribution is -0.123. The molecular formula is C28H41N3O5. The highest BCUT2D eigenvalue weighted by molar-refractivity contribution is 5.96. The molecule has 0 saturated heterocycles. The number of amides is 1. The van der Waals surface area contributed by atoms with Crippen LogP contribution in [0.5, 0.6) is 5.75 Å². The number of hydrogen-bond donors (Lipinski definition) is 1. The Bertz CT molecular complexity index is 1150. The highest BCUT2D eigenvalue weighted by Gasteiger charge is 2.28. The van der Waals surface area contributed by atoms with Crippen LogP contribution in [0.15, 0.2) is 29.5 Å². The van der Waals surface area contributed by atoms with Gasteiger partial charge in [0.1, 0.15) is 5.75 Å². The average Bonchev–Trinajstić information content (AvgIpc) is 3.13. The first-order valence-corrected chi connectivity index (χ1v) is 12.5. The molecule has 0 aliphatic heterocycles. The molecule has 0 spiro atoms. The number of nitrogens with zero attached hydrogens (tertiary/aromatic N) is 3. The van der Waals surface area contributed by atoms with Gasteiger partial charge in [0.05, 0.1) is 20.2 Å². The van der Waals surface area contributed by atoms with Gasteiger partial charge < -0.3 is 19.0 Å². The summed E-state index contributed by atoms with van der Waals surface area (Å²) in [4.78, 5) is 42.2. The minimum absolute atomic E-state index is 0.0403. The van der Waals surface area contributed by atoms with Gasteiger partial charge in [-0.05, 0) is 35.8 Å². The number of methoxy groups -OCH3 is 1. The molecule has 8 heteroatoms. The van der Waals surface area contributed by atoms with Gasteiger partial charge in [-0.25, -0.2) is 4.79 Å². The predicted molar refractivity (Wildman–Crippen MR) is 139 cm³/mol. The second-order valence-corrected chi connectivity index (χ2v) is 11.3. The topological polar surface area (TPSA) is 103 Å². The fraction of sp³-hybridized carbons (Fsp3) is 0.571. The van der Waals surface area contributed by atoms with Crippen LogP contribution in [0, 0.1) is 5.92 Å². The molecule has 0 fully saturated rings. The van der Waals surface area contributed by atoms with Gasteiger partial charge >= 0.3 is 6.09 Å². The van der Waals surface area contributed by atoms with Crippen molar-refractivity contribution >= 4 is 17.7 Å². The Labute approximate surface area is 214 Å². The monoisotopic (exact) mass is 499 g/mol. The number of imidazole rings is 1. The number of ketones is 2. The number of Topliss-reactive ketones (excluding diaryl/α,β-unsaturated/α-hetero) is 2. The lowest BCUT2D eigenvalue weighted by Gasteiger charge is -2.28. The number of rotatable bonds is 8. The van der Waals surface area contributed by atoms with Crippen molar-refractivity contribution in [3.05, 3.63) is 46.8 Å². The van der Waals surface area contributed by atoms with Crippen LogP contribution in [0.4, 0.5) is 4.79 Å². The largest absolute Gasteiger partial charge is 0.507 e. The Hall–Kier alpha value is -3.16. The first-order valence-electron chi connectivity index (χ1n) is 12.5. The number of carbonyl (C=O) groups is 3. The normalized spacial score (nSPS) is 12.8. The standard InChI is InChI=1S/C28H41N3O5/c1-10-18(11-2)22(32)16-30-12-13-31(25(30)29-26(35)36-9)17-23(33)19-14-20(27(3,4)5)24(34)21(15-19)28(6,7)8/h12-15,18,34H,10-11,16-17H2,1-9H3/b29-25-. The maximum Gasteiger partial charge on any atom is 0.436 e. The number of phenols is 1. The van der Waals surface area contributed by atoms with E-state index in [2.05, 4.69) is 4.99 Å². The van der Waals surface area contributed by atoms with Crippen LogP contribution >= 0.6 is 0 Å². The van der Waals surface area contributed by atoms with Gasteiger partial charge in [-0.15, -0.1) is 4.99 Å². The zero-order valence-electron chi connectivity index (χ0n) is 23.1. The number of hydrogen-bond acceptors (Lipinski definition) is 5. The van der Waals surface area contributed by atoms with Gasteiger partial charge in [0.25, 0.3) is 0 Å². The molecule has 1 amide bonds. The molecule has 1 aromatic heterocycles. The smallest absolute Gasteiger partial charge is 0.436 e. The highest BCUT2D eigenvalue weighted by atomic mass is 16.5. The van der Waals surface area contributed by atoms with Crippen molar-refractivity contribution in [1.82, 2.24) is 9.13 Å². The summed E-state index contributed by atoms with van der Waals surface area (Å²) in [6, 6.07) is 3.47. The van der Waals surface area contributed by atoms with Gasteiger partial charge in [-0.1, -0.05) is 55.4 Å². The number of aromatic hydroxyl groups is 1. The van der Waals surface area contributed by atoms with Gasteiger partial charge in [-0.3, -0.25) is 9.59 Å². The third kappa shape index (κ3) is 6.74. The van der Waals surface area contributed by atoms with Crippen LogP contribution in [0.2, 0.25) is 0 Å². The van der Waals surface area contributed by atoms with Crippen molar-refractivity contribution < 1.29 is 24.2 Å². The van der Waals surface area contributed by atoms with E-state index in [9.17, 15) is 19.5 Å². The molecule has 0 saturated carbocycles. The summed E-state index contributed by atoms with van der Waals surface area (Å²) in [6.07, 6.45) is 3.92. The molecule has 2 aromatic rings. The molecule has 0 atom stereocenters. The molecule has 0 aliphatic carbocycles. The Kier molecular flexibility index (Phi) is 9.10. The number of ether oxygens (including phenoxy) is 1. The summed E-state index contributed by atoms with van der Waals surface area (Å²) in [5, 5.41) is 11.0. The lowest BCUT2D eigenvalue weighted by Crippen LogP contribution is -2.33. The highest BCUT2D eigenvalue weighted by Crippen LogP contribution is 2.39. The number of carbonyl (C=O) groups excluding carboxylic acids is 3. The summed E-state index contributed by atoms with van der Waals surface area (Å²) in [5.74, 6) is -0.0521. The van der Waals surface area contributed by atoms with E-state index < -0.39 is 6.09 Å². The van der Waals surface area contributed by atoms with Crippen molar-refractivity contribution in [1.29, 1.82) is 0 Å². The fourth-order valence-corrected chi connectivity index (χ4v) is 4.19. The van der Waals surface area contributed by atoms with Crippen molar-refractivity contribution in [3.63, 3.8) is 0 Å². The Morgan fingerprint density at radius 1 is 0.917 bits per heavy atom. The predicted octanol–water partition coefficient (Wildman–Crippen LogP) is 5.15. The lowest BCUT2D eigenvalue weighted by atomic mass is 9.78. The summed E-state index contributed by atoms with van der Waals surface area (Å²) in [7, 11) is 1.22. The number of aromatic nitrogens is 2. The number of benzene rings is 1. The summed E-state index contributed by atoms with van der Waals surface area (Å²) in [5.41, 5.74) is 1.25. The van der Waals surface area contributed by atoms with Gasteiger partial charge in [-0.2, -0.15) is 0 Å². The van der Waals surface area contributed by atoms with E-state index in [1.54, 1.807) is 33.7 Å². The minimum atomic E-state index is -0.819. The molecule has 8 nitrogen and oxygen atoms in total. The first-order chi connectivity index (χ1) is 16.6. The van der Waals surface area contributed by atoms with E-state index in [4.69, 9.17) is 4.74 Å². The summed E-state index contributed by atoms with van der Waals surface area (Å²) < 4.78 is 7.82. The molecule has 0 bridgehead atoms. The van der Waals surface area contributed by atoms with Gasteiger partial charge in [0.15, 0.2) is 11.6 Å². The van der Waals surface area contributed by atoms with Gasteiger partial charge in [0, 0.05) is 35.0 Å². The second kappa shape index (κ2) is 11.3. The molecule has 36 heavy (non-hydrogen) atoms. The zero-order chi connectivity index (χ0) is 27.4. The Morgan fingerprint density at radius 2 is 1.39 bits per heavy atom. The van der Waals surface area contributed by atoms with Gasteiger partial charge in [0.2, 0.25) is 5.62 Å². The fourth-order valence-electron chi connectivity index (χ4n) is 4.19. The van der Waals surface area contributed by atoms with E-state index >= 15 is 0 Å². The third-order valence-corrected chi connectivity index (χ3v) is 6.44. The average molecular weight is 500 g/mol. The molecule has 0 radical (unpaired) electrons. The van der Waals surface area contributed by atoms with Crippen LogP contribution < -0.4 is 5.62 Å². The van der Waals surface area contributed by atoms with Crippen molar-refractivity contribution in [2.45, 2.75) is 92.2 Å². The quantitative estimate of drug-likeness (QED) is 0.506. The molecule has 2 rings (SSSR count). The maximum atomic E-state index is 13.5. The molecule has 198 valence electrons. The number of phenolic OH excluding ortho intramolecular Hbond substituents is 1. The molecule has 0 unspecified atom stereocenters. The van der Waals surface area contributed by atoms with Crippen LogP contribution in [-0.4, -0.2) is 39.0 Å². The molecule has 1 N–H and O–H groups in total. The molecular weight excluding hydrogens is 458 g/mol. The van der Waals surface area contributed by atoms with E-state index in [0.717, 1.165) is 12.8 Å². The van der Waals surface area contributed by atoms with Crippen molar-refractivity contribution in [3.8, 4) is 5.75 Å². The van der Waals surface area contributed by atoms with E-state index in [-0.39, 0.29) is 52.8 Å². The molecule has 0 aliphatic rings.